The molecule has 150 valence electrons. The number of amides is 2. The number of hydrogen-bond donors (Lipinski definition) is 2. The fourth-order valence-electron chi connectivity index (χ4n) is 3.14. The molecule has 2 rings (SSSR count). The lowest BCUT2D eigenvalue weighted by atomic mass is 9.85. The van der Waals surface area contributed by atoms with Crippen LogP contribution < -0.4 is 11.1 Å². The van der Waals surface area contributed by atoms with Gasteiger partial charge in [-0.25, -0.2) is 4.39 Å². The molecule has 0 bridgehead atoms. The van der Waals surface area contributed by atoms with Crippen LogP contribution >= 0.6 is 0 Å². The fraction of sp³-hybridized carbons (Fsp3) is 0.556. The van der Waals surface area contributed by atoms with Crippen molar-refractivity contribution in [3.8, 4) is 0 Å². The first-order chi connectivity index (χ1) is 12.3. The minimum atomic E-state index is -4.72. The molecular formula is C18H23F4N3O2. The summed E-state index contributed by atoms with van der Waals surface area (Å²) in [6, 6.07) is 0.326. The monoisotopic (exact) mass is 389 g/mol. The highest BCUT2D eigenvalue weighted by atomic mass is 19.4. The highest BCUT2D eigenvalue weighted by Gasteiger charge is 2.41. The largest absolute Gasteiger partial charge is 0.416 e. The van der Waals surface area contributed by atoms with Crippen LogP contribution in [0.15, 0.2) is 18.2 Å². The Bertz CT molecular complexity index is 728. The number of likely N-dealkylation sites (tertiary alicyclic amines) is 1. The minimum absolute atomic E-state index is 0.162. The highest BCUT2D eigenvalue weighted by molar-refractivity contribution is 5.91. The first kappa shape index (κ1) is 21.0. The summed E-state index contributed by atoms with van der Waals surface area (Å²) >= 11 is 0. The Hall–Kier alpha value is -2.32. The van der Waals surface area contributed by atoms with E-state index < -0.39 is 46.9 Å². The number of benzene rings is 1. The Labute approximate surface area is 154 Å². The van der Waals surface area contributed by atoms with E-state index in [1.807, 2.05) is 0 Å². The summed E-state index contributed by atoms with van der Waals surface area (Å²) in [7, 11) is 0. The molecule has 1 fully saturated rings. The van der Waals surface area contributed by atoms with E-state index in [1.165, 1.54) is 4.90 Å². The van der Waals surface area contributed by atoms with Crippen molar-refractivity contribution < 1.29 is 27.2 Å². The van der Waals surface area contributed by atoms with Gasteiger partial charge < -0.3 is 16.0 Å². The summed E-state index contributed by atoms with van der Waals surface area (Å²) in [6.45, 7) is 5.50. The topological polar surface area (TPSA) is 75.4 Å². The zero-order valence-corrected chi connectivity index (χ0v) is 15.4. The third-order valence-corrected chi connectivity index (χ3v) is 4.51. The molecule has 9 heteroatoms. The zero-order chi connectivity index (χ0) is 20.6. The molecule has 3 N–H and O–H groups in total. The van der Waals surface area contributed by atoms with Crippen LogP contribution in [-0.2, 0) is 15.8 Å². The van der Waals surface area contributed by atoms with Crippen molar-refractivity contribution in [3.05, 3.63) is 29.6 Å². The first-order valence-corrected chi connectivity index (χ1v) is 8.55. The van der Waals surface area contributed by atoms with E-state index in [0.29, 0.717) is 25.5 Å². The molecule has 2 unspecified atom stereocenters. The first-order valence-electron chi connectivity index (χ1n) is 8.55. The van der Waals surface area contributed by atoms with Crippen LogP contribution in [-0.4, -0.2) is 35.3 Å². The molecule has 2 amide bonds. The predicted molar refractivity (Wildman–Crippen MR) is 92.2 cm³/mol. The van der Waals surface area contributed by atoms with Crippen molar-refractivity contribution in [2.75, 3.05) is 11.9 Å². The van der Waals surface area contributed by atoms with Gasteiger partial charge in [0.05, 0.1) is 5.56 Å². The number of nitrogens with zero attached hydrogens (tertiary/aromatic N) is 1. The molecule has 0 spiro atoms. The van der Waals surface area contributed by atoms with Crippen LogP contribution in [0.4, 0.5) is 23.2 Å². The molecule has 1 aliphatic rings. The second kappa shape index (κ2) is 7.36. The molecule has 1 heterocycles. The van der Waals surface area contributed by atoms with Crippen LogP contribution in [0, 0.1) is 11.2 Å². The lowest BCUT2D eigenvalue weighted by Crippen LogP contribution is -2.53. The van der Waals surface area contributed by atoms with Gasteiger partial charge in [0.15, 0.2) is 0 Å². The molecule has 1 aromatic rings. The van der Waals surface area contributed by atoms with Crippen LogP contribution in [0.2, 0.25) is 0 Å². The number of alkyl halides is 3. The Morgan fingerprint density at radius 2 is 1.85 bits per heavy atom. The van der Waals surface area contributed by atoms with E-state index >= 15 is 0 Å². The van der Waals surface area contributed by atoms with Crippen LogP contribution in [0.3, 0.4) is 0 Å². The molecule has 0 saturated carbocycles. The van der Waals surface area contributed by atoms with Gasteiger partial charge in [0.1, 0.15) is 17.9 Å². The van der Waals surface area contributed by atoms with Gasteiger partial charge in [-0.15, -0.1) is 0 Å². The van der Waals surface area contributed by atoms with Gasteiger partial charge in [-0.05, 0) is 36.5 Å². The van der Waals surface area contributed by atoms with E-state index in [0.717, 1.165) is 12.1 Å². The third-order valence-electron chi connectivity index (χ3n) is 4.51. The molecule has 1 aromatic carbocycles. The Balaban J connectivity index is 2.35. The summed E-state index contributed by atoms with van der Waals surface area (Å²) in [5, 5.41) is 2.73. The summed E-state index contributed by atoms with van der Waals surface area (Å²) in [5.41, 5.74) is 3.32. The van der Waals surface area contributed by atoms with Gasteiger partial charge in [-0.3, -0.25) is 9.59 Å². The van der Waals surface area contributed by atoms with E-state index in [2.05, 4.69) is 5.32 Å². The van der Waals surface area contributed by atoms with Crippen LogP contribution in [0.5, 0.6) is 0 Å². The summed E-state index contributed by atoms with van der Waals surface area (Å²) in [6.07, 6.45) is -3.67. The number of primary amides is 1. The van der Waals surface area contributed by atoms with Gasteiger partial charge in [0.2, 0.25) is 11.8 Å². The number of carbonyl (C=O) groups excluding carboxylic acids is 2. The van der Waals surface area contributed by atoms with Gasteiger partial charge >= 0.3 is 6.18 Å². The summed E-state index contributed by atoms with van der Waals surface area (Å²) < 4.78 is 52.5. The van der Waals surface area contributed by atoms with Gasteiger partial charge in [0.25, 0.3) is 0 Å². The SMILES string of the molecule is CC(C)(C)C(Nc1cc(F)cc(C(F)(F)F)c1)C(=O)N1CCCC1C(N)=O. The lowest BCUT2D eigenvalue weighted by Gasteiger charge is -2.35. The molecule has 0 radical (unpaired) electrons. The van der Waals surface area contributed by atoms with Crippen molar-refractivity contribution in [2.24, 2.45) is 11.1 Å². The van der Waals surface area contributed by atoms with Crippen LogP contribution in [0.25, 0.3) is 0 Å². The maximum atomic E-state index is 13.7. The molecule has 27 heavy (non-hydrogen) atoms. The molecule has 1 saturated heterocycles. The minimum Gasteiger partial charge on any atom is -0.373 e. The lowest BCUT2D eigenvalue weighted by molar-refractivity contribution is -0.139. The quantitative estimate of drug-likeness (QED) is 0.777. The third kappa shape index (κ3) is 4.90. The van der Waals surface area contributed by atoms with Crippen molar-refractivity contribution in [1.29, 1.82) is 0 Å². The Kier molecular flexibility index (Phi) is 5.72. The standard InChI is InChI=1S/C18H23F4N3O2/c1-17(2,3)14(16(27)25-6-4-5-13(25)15(23)26)24-12-8-10(18(20,21)22)7-11(19)9-12/h7-9,13-14,24H,4-6H2,1-3H3,(H2,23,26). The summed E-state index contributed by atoms with van der Waals surface area (Å²) in [5.74, 6) is -2.15. The number of nitrogens with two attached hydrogens (primary N) is 1. The normalized spacial score (nSPS) is 19.1. The number of nitrogens with one attached hydrogen (secondary N) is 1. The second-order valence-corrected chi connectivity index (χ2v) is 7.76. The van der Waals surface area contributed by atoms with Crippen molar-refractivity contribution in [1.82, 2.24) is 4.90 Å². The van der Waals surface area contributed by atoms with Gasteiger partial charge in [-0.2, -0.15) is 13.2 Å². The van der Waals surface area contributed by atoms with E-state index in [1.54, 1.807) is 20.8 Å². The molecular weight excluding hydrogens is 366 g/mol. The molecule has 2 atom stereocenters. The molecule has 0 aliphatic carbocycles. The fourth-order valence-corrected chi connectivity index (χ4v) is 3.14. The van der Waals surface area contributed by atoms with E-state index in [9.17, 15) is 27.2 Å². The highest BCUT2D eigenvalue weighted by Crippen LogP contribution is 2.33. The van der Waals surface area contributed by atoms with Crippen molar-refractivity contribution >= 4 is 17.5 Å². The van der Waals surface area contributed by atoms with Gasteiger partial charge in [-0.1, -0.05) is 20.8 Å². The number of carbonyl (C=O) groups is 2. The van der Waals surface area contributed by atoms with E-state index in [4.69, 9.17) is 5.73 Å². The molecule has 5 nitrogen and oxygen atoms in total. The maximum absolute atomic E-state index is 13.7. The summed E-state index contributed by atoms with van der Waals surface area (Å²) in [4.78, 5) is 25.9. The number of halogens is 4. The van der Waals surface area contributed by atoms with Crippen molar-refractivity contribution in [2.45, 2.75) is 51.9 Å². The predicted octanol–water partition coefficient (Wildman–Crippen LogP) is 3.15. The maximum Gasteiger partial charge on any atom is 0.416 e. The smallest absolute Gasteiger partial charge is 0.373 e. The van der Waals surface area contributed by atoms with Crippen LogP contribution in [0.1, 0.15) is 39.2 Å². The number of rotatable bonds is 4. The number of anilines is 1. The average molecular weight is 389 g/mol. The average Bonchev–Trinajstić information content (AvgIpc) is 2.99. The molecule has 1 aliphatic heterocycles. The number of hydrogen-bond acceptors (Lipinski definition) is 3. The Morgan fingerprint density at radius 3 is 2.37 bits per heavy atom. The van der Waals surface area contributed by atoms with E-state index in [-0.39, 0.29) is 5.69 Å². The Morgan fingerprint density at radius 1 is 1.22 bits per heavy atom. The van der Waals surface area contributed by atoms with Crippen molar-refractivity contribution in [3.63, 3.8) is 0 Å². The van der Waals surface area contributed by atoms with Gasteiger partial charge in [0, 0.05) is 12.2 Å². The molecule has 0 aromatic heterocycles. The zero-order valence-electron chi connectivity index (χ0n) is 15.4. The second-order valence-electron chi connectivity index (χ2n) is 7.76.